The largest absolute Gasteiger partial charge is 0.379 e. The number of anilines is 1. The lowest BCUT2D eigenvalue weighted by molar-refractivity contribution is -0.124. The van der Waals surface area contributed by atoms with Gasteiger partial charge >= 0.3 is 0 Å². The molecular formula is C26H26N6O2S. The number of aromatic amines is 2. The molecule has 1 atom stereocenters. The summed E-state index contributed by atoms with van der Waals surface area (Å²) in [6, 6.07) is 14.3. The van der Waals surface area contributed by atoms with Crippen molar-refractivity contribution >= 4 is 43.4 Å². The fourth-order valence-corrected chi connectivity index (χ4v) is 5.69. The third kappa shape index (κ3) is 4.01. The number of amides is 1. The van der Waals surface area contributed by atoms with E-state index in [0.29, 0.717) is 13.2 Å². The van der Waals surface area contributed by atoms with Gasteiger partial charge in [0, 0.05) is 37.9 Å². The lowest BCUT2D eigenvalue weighted by Crippen LogP contribution is -2.50. The van der Waals surface area contributed by atoms with Crippen molar-refractivity contribution in [3.8, 4) is 22.5 Å². The number of rotatable bonds is 5. The van der Waals surface area contributed by atoms with E-state index >= 15 is 0 Å². The zero-order valence-corrected chi connectivity index (χ0v) is 20.4. The molecule has 1 aromatic carbocycles. The molecule has 0 aliphatic carbocycles. The average molecular weight is 487 g/mol. The summed E-state index contributed by atoms with van der Waals surface area (Å²) in [5.41, 5.74) is 6.06. The molecule has 5 heterocycles. The van der Waals surface area contributed by atoms with E-state index in [0.717, 1.165) is 61.7 Å². The molecule has 9 heteroatoms. The van der Waals surface area contributed by atoms with Gasteiger partial charge in [0.25, 0.3) is 0 Å². The van der Waals surface area contributed by atoms with Gasteiger partial charge in [-0.25, -0.2) is 0 Å². The Balaban J connectivity index is 1.25. The topological polar surface area (TPSA) is 90.1 Å². The first kappa shape index (κ1) is 22.0. The van der Waals surface area contributed by atoms with E-state index < -0.39 is 0 Å². The molecule has 0 saturated carbocycles. The Labute approximate surface area is 206 Å². The second kappa shape index (κ2) is 8.92. The van der Waals surface area contributed by atoms with Crippen LogP contribution in [0.25, 0.3) is 43.6 Å². The summed E-state index contributed by atoms with van der Waals surface area (Å²) in [5, 5.41) is 9.75. The van der Waals surface area contributed by atoms with Gasteiger partial charge in [-0.3, -0.25) is 19.8 Å². The average Bonchev–Trinajstić information content (AvgIpc) is 3.61. The molecule has 8 nitrogen and oxygen atoms in total. The number of aromatic nitrogens is 4. The second-order valence-electron chi connectivity index (χ2n) is 8.84. The van der Waals surface area contributed by atoms with Gasteiger partial charge in [-0.2, -0.15) is 5.10 Å². The maximum Gasteiger partial charge on any atom is 0.244 e. The lowest BCUT2D eigenvalue weighted by atomic mass is 10.0. The van der Waals surface area contributed by atoms with Gasteiger partial charge < -0.3 is 14.6 Å². The molecule has 0 bridgehead atoms. The number of carbonyl (C=O) groups excluding carboxylic acids is 1. The van der Waals surface area contributed by atoms with Gasteiger partial charge in [0.2, 0.25) is 5.91 Å². The molecule has 35 heavy (non-hydrogen) atoms. The molecule has 0 spiro atoms. The maximum atomic E-state index is 13.1. The molecule has 4 aromatic heterocycles. The molecule has 0 radical (unpaired) electrons. The fourth-order valence-electron chi connectivity index (χ4n) is 4.66. The summed E-state index contributed by atoms with van der Waals surface area (Å²) in [4.78, 5) is 24.6. The first-order valence-corrected chi connectivity index (χ1v) is 12.5. The van der Waals surface area contributed by atoms with Gasteiger partial charge in [0.15, 0.2) is 0 Å². The smallest absolute Gasteiger partial charge is 0.244 e. The first-order chi connectivity index (χ1) is 17.1. The quantitative estimate of drug-likeness (QED) is 0.381. The number of pyridine rings is 1. The van der Waals surface area contributed by atoms with Gasteiger partial charge in [0.05, 0.1) is 40.7 Å². The minimum Gasteiger partial charge on any atom is -0.379 e. The van der Waals surface area contributed by atoms with Gasteiger partial charge in [-0.15, -0.1) is 11.3 Å². The number of hydrogen-bond donors (Lipinski definition) is 2. The highest BCUT2D eigenvalue weighted by atomic mass is 32.1. The Kier molecular flexibility index (Phi) is 5.60. The van der Waals surface area contributed by atoms with E-state index in [1.165, 1.54) is 0 Å². The third-order valence-electron chi connectivity index (χ3n) is 6.74. The number of morpholine rings is 1. The van der Waals surface area contributed by atoms with Crippen molar-refractivity contribution in [3.05, 3.63) is 54.9 Å². The summed E-state index contributed by atoms with van der Waals surface area (Å²) in [7, 11) is 1.85. The summed E-state index contributed by atoms with van der Waals surface area (Å²) in [5.74, 6) is 0.0966. The second-order valence-corrected chi connectivity index (χ2v) is 9.90. The molecule has 2 N–H and O–H groups in total. The Morgan fingerprint density at radius 3 is 2.66 bits per heavy atom. The van der Waals surface area contributed by atoms with E-state index in [1.807, 2.05) is 32.2 Å². The van der Waals surface area contributed by atoms with Gasteiger partial charge in [0.1, 0.15) is 10.7 Å². The summed E-state index contributed by atoms with van der Waals surface area (Å²) >= 11 is 1.61. The zero-order valence-electron chi connectivity index (χ0n) is 19.6. The van der Waals surface area contributed by atoms with E-state index in [2.05, 4.69) is 49.3 Å². The standard InChI is InChI=1S/C26H26N6O2S/c1-16(32-9-11-34-12-10-32)26(33)31(2)24-15-21-23(35-24)14-22(28-21)25-19-4-3-18(13-20(19)29-30-25)17-5-7-27-8-6-17/h3-8,13-16,28H,9-12H2,1-2H3,(H,29,30)/t16-/m0/s1. The van der Waals surface area contributed by atoms with Crippen LogP contribution in [-0.4, -0.2) is 70.4 Å². The number of nitrogens with one attached hydrogen (secondary N) is 2. The Bertz CT molecular complexity index is 1470. The lowest BCUT2D eigenvalue weighted by Gasteiger charge is -2.33. The van der Waals surface area contributed by atoms with E-state index in [4.69, 9.17) is 4.74 Å². The Morgan fingerprint density at radius 1 is 1.09 bits per heavy atom. The highest BCUT2D eigenvalue weighted by molar-refractivity contribution is 7.23. The number of H-pyrrole nitrogens is 2. The maximum absolute atomic E-state index is 13.1. The van der Waals surface area contributed by atoms with Crippen LogP contribution < -0.4 is 4.90 Å². The Morgan fingerprint density at radius 2 is 1.89 bits per heavy atom. The van der Waals surface area contributed by atoms with Crippen LogP contribution in [0.3, 0.4) is 0 Å². The minimum atomic E-state index is -0.174. The van der Waals surface area contributed by atoms with Crippen molar-refractivity contribution < 1.29 is 9.53 Å². The predicted molar refractivity (Wildman–Crippen MR) is 140 cm³/mol. The van der Waals surface area contributed by atoms with Crippen LogP contribution >= 0.6 is 11.3 Å². The number of carbonyl (C=O) groups is 1. The van der Waals surface area contributed by atoms with Crippen LogP contribution in [0.1, 0.15) is 6.92 Å². The van der Waals surface area contributed by atoms with Crippen LogP contribution in [0.4, 0.5) is 5.00 Å². The molecule has 1 aliphatic rings. The van der Waals surface area contributed by atoms with Crippen LogP contribution in [0.2, 0.25) is 0 Å². The number of benzene rings is 1. The fraction of sp³-hybridized carbons (Fsp3) is 0.269. The van der Waals surface area contributed by atoms with Crippen molar-refractivity contribution in [1.29, 1.82) is 0 Å². The molecule has 0 unspecified atom stereocenters. The number of fused-ring (bicyclic) bond motifs is 2. The third-order valence-corrected chi connectivity index (χ3v) is 7.89. The highest BCUT2D eigenvalue weighted by Gasteiger charge is 2.27. The summed E-state index contributed by atoms with van der Waals surface area (Å²) < 4.78 is 6.52. The molecule has 1 aliphatic heterocycles. The molecular weight excluding hydrogens is 460 g/mol. The SMILES string of the molecule is C[C@@H](C(=O)N(C)c1cc2[nH]c(-c3n[nH]c4cc(-c5ccncc5)ccc34)cc2s1)N1CCOCC1. The number of thiophene rings is 1. The van der Waals surface area contributed by atoms with Crippen LogP contribution in [0.5, 0.6) is 0 Å². The number of likely N-dealkylation sites (N-methyl/N-ethyl adjacent to an activating group) is 1. The summed E-state index contributed by atoms with van der Waals surface area (Å²) in [6.45, 7) is 4.91. The van der Waals surface area contributed by atoms with Crippen molar-refractivity contribution in [2.24, 2.45) is 0 Å². The number of hydrogen-bond acceptors (Lipinski definition) is 6. The van der Waals surface area contributed by atoms with E-state index in [9.17, 15) is 4.79 Å². The number of ether oxygens (including phenoxy) is 1. The van der Waals surface area contributed by atoms with Crippen molar-refractivity contribution in [1.82, 2.24) is 25.1 Å². The molecule has 1 amide bonds. The van der Waals surface area contributed by atoms with Crippen LogP contribution in [-0.2, 0) is 9.53 Å². The van der Waals surface area contributed by atoms with E-state index in [-0.39, 0.29) is 11.9 Å². The summed E-state index contributed by atoms with van der Waals surface area (Å²) in [6.07, 6.45) is 3.60. The van der Waals surface area contributed by atoms with Crippen molar-refractivity contribution in [2.45, 2.75) is 13.0 Å². The number of nitrogens with zero attached hydrogens (tertiary/aromatic N) is 4. The van der Waals surface area contributed by atoms with Crippen molar-refractivity contribution in [3.63, 3.8) is 0 Å². The monoisotopic (exact) mass is 486 g/mol. The zero-order chi connectivity index (χ0) is 23.9. The van der Waals surface area contributed by atoms with E-state index in [1.54, 1.807) is 28.6 Å². The van der Waals surface area contributed by atoms with Crippen LogP contribution in [0.15, 0.2) is 54.9 Å². The molecule has 1 fully saturated rings. The normalized spacial score (nSPS) is 15.6. The van der Waals surface area contributed by atoms with Crippen LogP contribution in [0, 0.1) is 0 Å². The predicted octanol–water partition coefficient (Wildman–Crippen LogP) is 4.52. The first-order valence-electron chi connectivity index (χ1n) is 11.7. The Hall–Kier alpha value is -3.53. The molecule has 5 aromatic rings. The molecule has 6 rings (SSSR count). The minimum absolute atomic E-state index is 0.0966. The van der Waals surface area contributed by atoms with Crippen molar-refractivity contribution in [2.75, 3.05) is 38.3 Å². The molecule has 1 saturated heterocycles. The van der Waals surface area contributed by atoms with Gasteiger partial charge in [-0.1, -0.05) is 6.07 Å². The van der Waals surface area contributed by atoms with Gasteiger partial charge in [-0.05, 0) is 54.4 Å². The molecule has 178 valence electrons. The highest BCUT2D eigenvalue weighted by Crippen LogP contribution is 2.37.